The van der Waals surface area contributed by atoms with Crippen LogP contribution in [-0.2, 0) is 0 Å². The molecule has 0 atom stereocenters. The van der Waals surface area contributed by atoms with Crippen molar-refractivity contribution in [3.05, 3.63) is 47.5 Å². The highest BCUT2D eigenvalue weighted by molar-refractivity contribution is 5.57. The third-order valence-electron chi connectivity index (χ3n) is 6.12. The Morgan fingerprint density at radius 1 is 0.812 bits per heavy atom. The Kier molecular flexibility index (Phi) is 11.2. The van der Waals surface area contributed by atoms with E-state index in [9.17, 15) is 0 Å². The molecule has 1 aliphatic heterocycles. The maximum Gasteiger partial charge on any atom is 0.0900 e. The monoisotopic (exact) mass is 441 g/mol. The zero-order valence-electron chi connectivity index (χ0n) is 20.6. The van der Waals surface area contributed by atoms with Crippen LogP contribution in [0.1, 0.15) is 37.8 Å². The molecule has 178 valence electrons. The Morgan fingerprint density at radius 2 is 1.31 bits per heavy atom. The molecule has 0 unspecified atom stereocenters. The van der Waals surface area contributed by atoms with Crippen LogP contribution < -0.4 is 27.0 Å². The summed E-state index contributed by atoms with van der Waals surface area (Å²) in [5.41, 5.74) is 18.1. The summed E-state index contributed by atoms with van der Waals surface area (Å²) >= 11 is 0. The van der Waals surface area contributed by atoms with Gasteiger partial charge in [-0.05, 0) is 67.8 Å². The molecule has 6 nitrogen and oxygen atoms in total. The molecule has 0 radical (unpaired) electrons. The highest BCUT2D eigenvalue weighted by atomic mass is 15.3. The summed E-state index contributed by atoms with van der Waals surface area (Å²) in [5, 5.41) is 7.04. The molecule has 32 heavy (non-hydrogen) atoms. The standard InChI is InChI=1S/C24H38N6.C2H6/c1-19-17-21(5-7-23(19)25)27-9-3-11-29-13-15-30(16-14-29)12-4-10-28-22-6-8-24(26)20(2)18-22;1-2/h5-8,17-18,27-28H,3-4,9-16,25-26H2,1-2H3;1-2H3/p+1. The SMILES string of the molecule is CC.Cc1cc(NCCCN2CC[NH+](CCCNc3ccc(N)c(C)c3)CC2)ccc1N. The number of nitrogens with one attached hydrogen (secondary N) is 3. The molecule has 6 heteroatoms. The van der Waals surface area contributed by atoms with E-state index in [1.165, 1.54) is 63.5 Å². The summed E-state index contributed by atoms with van der Waals surface area (Å²) in [7, 11) is 0. The van der Waals surface area contributed by atoms with Gasteiger partial charge in [-0.25, -0.2) is 0 Å². The molecule has 1 fully saturated rings. The summed E-state index contributed by atoms with van der Waals surface area (Å²) in [6, 6.07) is 12.3. The van der Waals surface area contributed by atoms with Crippen molar-refractivity contribution in [1.29, 1.82) is 0 Å². The van der Waals surface area contributed by atoms with E-state index in [1.807, 2.05) is 26.0 Å². The Bertz CT molecular complexity index is 731. The number of piperazine rings is 1. The van der Waals surface area contributed by atoms with Gasteiger partial charge in [-0.2, -0.15) is 0 Å². The minimum Gasteiger partial charge on any atom is -0.399 e. The van der Waals surface area contributed by atoms with Gasteiger partial charge >= 0.3 is 0 Å². The number of nitrogen functional groups attached to an aromatic ring is 2. The molecule has 0 saturated carbocycles. The fourth-order valence-electron chi connectivity index (χ4n) is 4.02. The number of hydrogen-bond acceptors (Lipinski definition) is 5. The van der Waals surface area contributed by atoms with Crippen molar-refractivity contribution in [2.45, 2.75) is 40.5 Å². The fourth-order valence-corrected chi connectivity index (χ4v) is 4.02. The summed E-state index contributed by atoms with van der Waals surface area (Å²) in [5.74, 6) is 0. The first-order valence-corrected chi connectivity index (χ1v) is 12.3. The van der Waals surface area contributed by atoms with Crippen LogP contribution in [0.3, 0.4) is 0 Å². The van der Waals surface area contributed by atoms with E-state index in [4.69, 9.17) is 11.5 Å². The highest BCUT2D eigenvalue weighted by Gasteiger charge is 2.18. The Balaban J connectivity index is 0.00000176. The number of aryl methyl sites for hydroxylation is 2. The van der Waals surface area contributed by atoms with Crippen molar-refractivity contribution >= 4 is 22.7 Å². The zero-order valence-corrected chi connectivity index (χ0v) is 20.6. The number of rotatable bonds is 10. The lowest BCUT2D eigenvalue weighted by Gasteiger charge is -2.32. The van der Waals surface area contributed by atoms with Crippen molar-refractivity contribution in [1.82, 2.24) is 4.90 Å². The second kappa shape index (κ2) is 13.9. The van der Waals surface area contributed by atoms with E-state index in [0.717, 1.165) is 35.6 Å². The van der Waals surface area contributed by atoms with Gasteiger partial charge < -0.3 is 27.0 Å². The number of anilines is 4. The first-order valence-electron chi connectivity index (χ1n) is 12.3. The van der Waals surface area contributed by atoms with Gasteiger partial charge in [0, 0.05) is 61.9 Å². The molecule has 2 aromatic rings. The maximum atomic E-state index is 5.88. The first-order chi connectivity index (χ1) is 15.5. The summed E-state index contributed by atoms with van der Waals surface area (Å²) in [4.78, 5) is 4.34. The van der Waals surface area contributed by atoms with Gasteiger partial charge in [0.2, 0.25) is 0 Å². The van der Waals surface area contributed by atoms with Crippen LogP contribution in [0, 0.1) is 13.8 Å². The topological polar surface area (TPSA) is 83.8 Å². The van der Waals surface area contributed by atoms with Crippen LogP contribution in [0.4, 0.5) is 22.7 Å². The molecule has 0 spiro atoms. The van der Waals surface area contributed by atoms with Gasteiger partial charge in [0.15, 0.2) is 0 Å². The smallest absolute Gasteiger partial charge is 0.0900 e. The van der Waals surface area contributed by atoms with Crippen LogP contribution in [0.15, 0.2) is 36.4 Å². The first kappa shape index (κ1) is 25.8. The largest absolute Gasteiger partial charge is 0.399 e. The lowest BCUT2D eigenvalue weighted by Crippen LogP contribution is -3.14. The molecule has 1 heterocycles. The number of quaternary nitrogens is 1. The van der Waals surface area contributed by atoms with Crippen molar-refractivity contribution in [2.75, 3.05) is 74.5 Å². The molecule has 0 aliphatic carbocycles. The van der Waals surface area contributed by atoms with E-state index >= 15 is 0 Å². The van der Waals surface area contributed by atoms with E-state index < -0.39 is 0 Å². The molecule has 3 rings (SSSR count). The number of hydrogen-bond donors (Lipinski definition) is 5. The molecule has 7 N–H and O–H groups in total. The maximum absolute atomic E-state index is 5.88. The molecule has 2 aromatic carbocycles. The normalized spacial score (nSPS) is 14.5. The van der Waals surface area contributed by atoms with Crippen molar-refractivity contribution < 1.29 is 4.90 Å². The second-order valence-electron chi connectivity index (χ2n) is 8.55. The lowest BCUT2D eigenvalue weighted by atomic mass is 10.2. The van der Waals surface area contributed by atoms with Gasteiger partial charge in [-0.1, -0.05) is 13.8 Å². The van der Waals surface area contributed by atoms with E-state index in [2.05, 4.69) is 53.6 Å². The Hall–Kier alpha value is -2.44. The van der Waals surface area contributed by atoms with Gasteiger partial charge in [-0.15, -0.1) is 0 Å². The van der Waals surface area contributed by atoms with E-state index in [1.54, 1.807) is 4.90 Å². The van der Waals surface area contributed by atoms with E-state index in [-0.39, 0.29) is 0 Å². The Labute approximate surface area is 195 Å². The Morgan fingerprint density at radius 3 is 1.81 bits per heavy atom. The van der Waals surface area contributed by atoms with Gasteiger partial charge in [-0.3, -0.25) is 4.90 Å². The van der Waals surface area contributed by atoms with Crippen molar-refractivity contribution in [3.8, 4) is 0 Å². The summed E-state index contributed by atoms with van der Waals surface area (Å²) in [6.45, 7) is 17.5. The fraction of sp³-hybridized carbons (Fsp3) is 0.538. The molecular weight excluding hydrogens is 396 g/mol. The minimum absolute atomic E-state index is 0.858. The van der Waals surface area contributed by atoms with Crippen molar-refractivity contribution in [3.63, 3.8) is 0 Å². The average molecular weight is 442 g/mol. The second-order valence-corrected chi connectivity index (χ2v) is 8.55. The molecule has 0 bridgehead atoms. The molecule has 0 amide bonds. The predicted molar refractivity (Wildman–Crippen MR) is 141 cm³/mol. The molecule has 1 saturated heterocycles. The van der Waals surface area contributed by atoms with Crippen LogP contribution in [0.2, 0.25) is 0 Å². The molecular formula is C26H45N6+. The third kappa shape index (κ3) is 8.60. The van der Waals surface area contributed by atoms with Crippen LogP contribution >= 0.6 is 0 Å². The predicted octanol–water partition coefficient (Wildman–Crippen LogP) is 3.00. The highest BCUT2D eigenvalue weighted by Crippen LogP contribution is 2.17. The number of nitrogens with two attached hydrogens (primary N) is 2. The van der Waals surface area contributed by atoms with Gasteiger partial charge in [0.05, 0.1) is 19.6 Å². The van der Waals surface area contributed by atoms with Crippen LogP contribution in [0.25, 0.3) is 0 Å². The van der Waals surface area contributed by atoms with Crippen molar-refractivity contribution in [2.24, 2.45) is 0 Å². The van der Waals surface area contributed by atoms with Crippen LogP contribution in [0.5, 0.6) is 0 Å². The lowest BCUT2D eigenvalue weighted by molar-refractivity contribution is -0.904. The molecule has 1 aliphatic rings. The summed E-state index contributed by atoms with van der Waals surface area (Å²) in [6.07, 6.45) is 2.37. The van der Waals surface area contributed by atoms with Crippen LogP contribution in [-0.4, -0.2) is 57.3 Å². The number of benzene rings is 2. The number of nitrogens with zero attached hydrogens (tertiary/aromatic N) is 1. The van der Waals surface area contributed by atoms with Gasteiger partial charge in [0.1, 0.15) is 0 Å². The van der Waals surface area contributed by atoms with Gasteiger partial charge in [0.25, 0.3) is 0 Å². The average Bonchev–Trinajstić information content (AvgIpc) is 2.81. The molecule has 0 aromatic heterocycles. The zero-order chi connectivity index (χ0) is 23.3. The minimum atomic E-state index is 0.858. The third-order valence-corrected chi connectivity index (χ3v) is 6.12. The summed E-state index contributed by atoms with van der Waals surface area (Å²) < 4.78 is 0. The van der Waals surface area contributed by atoms with E-state index in [0.29, 0.717) is 0 Å². The quantitative estimate of drug-likeness (QED) is 0.289.